The minimum absolute atomic E-state index is 0.0684. The van der Waals surface area contributed by atoms with Gasteiger partial charge in [0.2, 0.25) is 0 Å². The molecule has 22 heavy (non-hydrogen) atoms. The lowest BCUT2D eigenvalue weighted by Crippen LogP contribution is -2.45. The lowest BCUT2D eigenvalue weighted by molar-refractivity contribution is 0.0797. The third-order valence-electron chi connectivity index (χ3n) is 4.30. The van der Waals surface area contributed by atoms with Crippen LogP contribution in [-0.2, 0) is 6.54 Å². The Bertz CT molecular complexity index is 646. The maximum absolute atomic E-state index is 12.2. The molecule has 2 aromatic rings. The Morgan fingerprint density at radius 1 is 1.41 bits per heavy atom. The van der Waals surface area contributed by atoms with E-state index < -0.39 is 0 Å². The Kier molecular flexibility index (Phi) is 4.24. The number of urea groups is 1. The highest BCUT2D eigenvalue weighted by molar-refractivity contribution is 5.74. The number of hydrogen-bond donors (Lipinski definition) is 2. The molecule has 1 atom stereocenters. The highest BCUT2D eigenvalue weighted by atomic mass is 16.3. The quantitative estimate of drug-likeness (QED) is 0.887. The second-order valence-corrected chi connectivity index (χ2v) is 5.76. The molecule has 1 aliphatic rings. The summed E-state index contributed by atoms with van der Waals surface area (Å²) in [6.07, 6.45) is 4.81. The number of rotatable bonds is 3. The lowest BCUT2D eigenvalue weighted by atomic mass is 9.92. The van der Waals surface area contributed by atoms with E-state index in [1.165, 1.54) is 0 Å². The van der Waals surface area contributed by atoms with Gasteiger partial charge in [-0.15, -0.1) is 0 Å². The van der Waals surface area contributed by atoms with Crippen molar-refractivity contribution in [3.05, 3.63) is 30.2 Å². The first-order chi connectivity index (χ1) is 10.6. The molecule has 7 heteroatoms. The molecule has 3 heterocycles. The molecule has 0 radical (unpaired) electrons. The summed E-state index contributed by atoms with van der Waals surface area (Å²) < 4.78 is 1.72. The fraction of sp³-hybridized carbons (Fsp3) is 0.533. The molecule has 2 N–H and O–H groups in total. The zero-order valence-electron chi connectivity index (χ0n) is 12.6. The molecule has 0 aromatic carbocycles. The molecular weight excluding hydrogens is 282 g/mol. The predicted molar refractivity (Wildman–Crippen MR) is 81.2 cm³/mol. The van der Waals surface area contributed by atoms with E-state index in [1.54, 1.807) is 21.8 Å². The van der Waals surface area contributed by atoms with Gasteiger partial charge in [0, 0.05) is 25.4 Å². The number of aliphatic hydroxyl groups excluding tert-OH is 1. The molecular formula is C15H21N5O2. The number of nitrogens with zero attached hydrogens (tertiary/aromatic N) is 4. The van der Waals surface area contributed by atoms with Crippen LogP contribution in [0.4, 0.5) is 4.79 Å². The van der Waals surface area contributed by atoms with E-state index in [1.807, 2.05) is 19.1 Å². The predicted octanol–water partition coefficient (Wildman–Crippen LogP) is 1.03. The number of aromatic nitrogens is 3. The molecule has 1 aliphatic heterocycles. The summed E-state index contributed by atoms with van der Waals surface area (Å²) >= 11 is 0. The Morgan fingerprint density at radius 2 is 2.18 bits per heavy atom. The highest BCUT2D eigenvalue weighted by Gasteiger charge is 2.25. The monoisotopic (exact) mass is 303 g/mol. The van der Waals surface area contributed by atoms with Gasteiger partial charge in [-0.05, 0) is 31.7 Å². The zero-order valence-corrected chi connectivity index (χ0v) is 12.6. The van der Waals surface area contributed by atoms with Crippen LogP contribution in [-0.4, -0.2) is 49.8 Å². The van der Waals surface area contributed by atoms with Crippen LogP contribution in [0, 0.1) is 5.92 Å². The third kappa shape index (κ3) is 3.04. The fourth-order valence-electron chi connectivity index (χ4n) is 2.88. The molecule has 3 rings (SSSR count). The average Bonchev–Trinajstić information content (AvgIpc) is 3.01. The van der Waals surface area contributed by atoms with Gasteiger partial charge in [-0.25, -0.2) is 14.3 Å². The standard InChI is InChI=1S/C15H21N5O2/c1-11(21)12-4-8-19(9-5-12)15(22)17-10-13-2-6-16-14-3-7-18-20(13)14/h2-3,6-7,11-12,21H,4-5,8-10H2,1H3,(H,17,22). The average molecular weight is 303 g/mol. The second kappa shape index (κ2) is 6.31. The maximum atomic E-state index is 12.2. The van der Waals surface area contributed by atoms with Crippen molar-refractivity contribution in [2.24, 2.45) is 5.92 Å². The Labute approximate surface area is 129 Å². The number of hydrogen-bond acceptors (Lipinski definition) is 4. The van der Waals surface area contributed by atoms with Crippen LogP contribution in [0.25, 0.3) is 5.65 Å². The van der Waals surface area contributed by atoms with Gasteiger partial charge >= 0.3 is 6.03 Å². The van der Waals surface area contributed by atoms with Crippen molar-refractivity contribution >= 4 is 11.7 Å². The summed E-state index contributed by atoms with van der Waals surface area (Å²) in [5.41, 5.74) is 1.66. The molecule has 2 aromatic heterocycles. The Balaban J connectivity index is 1.56. The summed E-state index contributed by atoms with van der Waals surface area (Å²) in [5.74, 6) is 0.299. The number of likely N-dealkylation sites (tertiary alicyclic amines) is 1. The number of piperidine rings is 1. The van der Waals surface area contributed by atoms with Crippen molar-refractivity contribution in [2.75, 3.05) is 13.1 Å². The van der Waals surface area contributed by atoms with Gasteiger partial charge in [0.05, 0.1) is 24.5 Å². The summed E-state index contributed by atoms with van der Waals surface area (Å²) in [5, 5.41) is 16.7. The zero-order chi connectivity index (χ0) is 15.5. The van der Waals surface area contributed by atoms with Gasteiger partial charge in [0.25, 0.3) is 0 Å². The first kappa shape index (κ1) is 14.8. The van der Waals surface area contributed by atoms with Crippen molar-refractivity contribution < 1.29 is 9.90 Å². The van der Waals surface area contributed by atoms with Crippen LogP contribution in [0.2, 0.25) is 0 Å². The van der Waals surface area contributed by atoms with E-state index in [4.69, 9.17) is 0 Å². The highest BCUT2D eigenvalue weighted by Crippen LogP contribution is 2.20. The van der Waals surface area contributed by atoms with Crippen LogP contribution in [0.15, 0.2) is 24.5 Å². The molecule has 1 saturated heterocycles. The van der Waals surface area contributed by atoms with E-state index in [9.17, 15) is 9.90 Å². The van der Waals surface area contributed by atoms with Crippen LogP contribution in [0.3, 0.4) is 0 Å². The largest absolute Gasteiger partial charge is 0.393 e. The smallest absolute Gasteiger partial charge is 0.317 e. The first-order valence-electron chi connectivity index (χ1n) is 7.63. The molecule has 2 amide bonds. The van der Waals surface area contributed by atoms with Crippen LogP contribution in [0.5, 0.6) is 0 Å². The molecule has 1 fully saturated rings. The number of fused-ring (bicyclic) bond motifs is 1. The number of aliphatic hydroxyl groups is 1. The van der Waals surface area contributed by atoms with Gasteiger partial charge in [0.15, 0.2) is 5.65 Å². The van der Waals surface area contributed by atoms with Gasteiger partial charge in [0.1, 0.15) is 0 Å². The molecule has 0 saturated carbocycles. The van der Waals surface area contributed by atoms with Gasteiger partial charge in [-0.2, -0.15) is 5.10 Å². The van der Waals surface area contributed by atoms with Gasteiger partial charge in [-0.3, -0.25) is 0 Å². The van der Waals surface area contributed by atoms with Crippen molar-refractivity contribution in [3.8, 4) is 0 Å². The molecule has 0 spiro atoms. The third-order valence-corrected chi connectivity index (χ3v) is 4.30. The number of carbonyl (C=O) groups is 1. The van der Waals surface area contributed by atoms with Crippen molar-refractivity contribution in [1.82, 2.24) is 24.8 Å². The number of carbonyl (C=O) groups excluding carboxylic acids is 1. The van der Waals surface area contributed by atoms with Crippen LogP contribution in [0.1, 0.15) is 25.5 Å². The molecule has 0 bridgehead atoms. The van der Waals surface area contributed by atoms with Crippen molar-refractivity contribution in [3.63, 3.8) is 0 Å². The van der Waals surface area contributed by atoms with E-state index in [-0.39, 0.29) is 12.1 Å². The number of amides is 2. The van der Waals surface area contributed by atoms with Crippen molar-refractivity contribution in [1.29, 1.82) is 0 Å². The number of nitrogens with one attached hydrogen (secondary N) is 1. The molecule has 0 aliphatic carbocycles. The van der Waals surface area contributed by atoms with E-state index >= 15 is 0 Å². The molecule has 1 unspecified atom stereocenters. The molecule has 7 nitrogen and oxygen atoms in total. The first-order valence-corrected chi connectivity index (χ1v) is 7.63. The second-order valence-electron chi connectivity index (χ2n) is 5.76. The lowest BCUT2D eigenvalue weighted by Gasteiger charge is -2.33. The topological polar surface area (TPSA) is 82.8 Å². The Hall–Kier alpha value is -2.15. The summed E-state index contributed by atoms with van der Waals surface area (Å²) in [6, 6.07) is 3.60. The maximum Gasteiger partial charge on any atom is 0.317 e. The minimum atomic E-state index is -0.296. The molecule has 118 valence electrons. The van der Waals surface area contributed by atoms with E-state index in [0.29, 0.717) is 25.6 Å². The normalized spacial score (nSPS) is 17.6. The van der Waals surface area contributed by atoms with Crippen LogP contribution < -0.4 is 5.32 Å². The van der Waals surface area contributed by atoms with Crippen LogP contribution >= 0.6 is 0 Å². The fourth-order valence-corrected chi connectivity index (χ4v) is 2.88. The van der Waals surface area contributed by atoms with Gasteiger partial charge in [-0.1, -0.05) is 0 Å². The summed E-state index contributed by atoms with van der Waals surface area (Å²) in [6.45, 7) is 3.61. The van der Waals surface area contributed by atoms with Crippen molar-refractivity contribution in [2.45, 2.75) is 32.4 Å². The van der Waals surface area contributed by atoms with E-state index in [0.717, 1.165) is 24.2 Å². The van der Waals surface area contributed by atoms with Gasteiger partial charge < -0.3 is 15.3 Å². The SMILES string of the molecule is CC(O)C1CCN(C(=O)NCc2ccnc3ccnn23)CC1. The summed E-state index contributed by atoms with van der Waals surface area (Å²) in [7, 11) is 0. The minimum Gasteiger partial charge on any atom is -0.393 e. The Morgan fingerprint density at radius 3 is 2.91 bits per heavy atom. The summed E-state index contributed by atoms with van der Waals surface area (Å²) in [4.78, 5) is 18.2. The van der Waals surface area contributed by atoms with E-state index in [2.05, 4.69) is 15.4 Å².